The zero-order chi connectivity index (χ0) is 9.90. The Hall–Kier alpha value is -0.480. The maximum absolute atomic E-state index is 3.17. The molecule has 1 saturated heterocycles. The van der Waals surface area contributed by atoms with Crippen molar-refractivity contribution in [3.63, 3.8) is 0 Å². The summed E-state index contributed by atoms with van der Waals surface area (Å²) >= 11 is 0. The van der Waals surface area contributed by atoms with Gasteiger partial charge in [-0.15, -0.1) is 5.92 Å². The Morgan fingerprint density at radius 2 is 2.08 bits per heavy atom. The van der Waals surface area contributed by atoms with Crippen molar-refractivity contribution in [2.75, 3.05) is 13.1 Å². The van der Waals surface area contributed by atoms with Crippen molar-refractivity contribution >= 4 is 0 Å². The zero-order valence-corrected chi connectivity index (χ0v) is 9.35. The van der Waals surface area contributed by atoms with E-state index in [0.717, 1.165) is 12.6 Å². The molecular weight excluding hydrogens is 158 g/mol. The molecule has 1 fully saturated rings. The standard InChI is InChI=1S/C12H21N/c1-5-6-9-13-10-7-8-11(13)12(2,3)4/h11H,7-10H2,1-4H3. The molecule has 1 unspecified atom stereocenters. The lowest BCUT2D eigenvalue weighted by Crippen LogP contribution is -2.39. The Labute approximate surface area is 82.5 Å². The minimum Gasteiger partial charge on any atom is -0.289 e. The first-order chi connectivity index (χ1) is 6.05. The lowest BCUT2D eigenvalue weighted by molar-refractivity contribution is 0.156. The summed E-state index contributed by atoms with van der Waals surface area (Å²) in [6, 6.07) is 0.730. The molecule has 0 aromatic rings. The van der Waals surface area contributed by atoms with Crippen LogP contribution in [0.3, 0.4) is 0 Å². The van der Waals surface area contributed by atoms with Gasteiger partial charge in [0.05, 0.1) is 6.54 Å². The predicted molar refractivity (Wildman–Crippen MR) is 57.5 cm³/mol. The first-order valence-corrected chi connectivity index (χ1v) is 5.19. The van der Waals surface area contributed by atoms with Gasteiger partial charge in [0.25, 0.3) is 0 Å². The molecule has 0 aromatic carbocycles. The summed E-state index contributed by atoms with van der Waals surface area (Å²) in [7, 11) is 0. The molecule has 0 N–H and O–H groups in total. The van der Waals surface area contributed by atoms with Gasteiger partial charge in [-0.05, 0) is 31.7 Å². The van der Waals surface area contributed by atoms with Gasteiger partial charge in [0.15, 0.2) is 0 Å². The van der Waals surface area contributed by atoms with Crippen LogP contribution in [0.5, 0.6) is 0 Å². The maximum Gasteiger partial charge on any atom is 0.0604 e. The van der Waals surface area contributed by atoms with Crippen LogP contribution in [-0.2, 0) is 0 Å². The second kappa shape index (κ2) is 4.15. The molecule has 0 aliphatic carbocycles. The molecule has 1 heteroatoms. The first kappa shape index (κ1) is 10.6. The van der Waals surface area contributed by atoms with Crippen molar-refractivity contribution < 1.29 is 0 Å². The van der Waals surface area contributed by atoms with Crippen LogP contribution in [0.25, 0.3) is 0 Å². The number of rotatable bonds is 1. The summed E-state index contributed by atoms with van der Waals surface area (Å²) in [4.78, 5) is 2.52. The van der Waals surface area contributed by atoms with E-state index in [0.29, 0.717) is 5.41 Å². The van der Waals surface area contributed by atoms with Crippen molar-refractivity contribution in [2.24, 2.45) is 5.41 Å². The van der Waals surface area contributed by atoms with Crippen molar-refractivity contribution in [3.8, 4) is 11.8 Å². The monoisotopic (exact) mass is 179 g/mol. The van der Waals surface area contributed by atoms with E-state index >= 15 is 0 Å². The van der Waals surface area contributed by atoms with Gasteiger partial charge >= 0.3 is 0 Å². The van der Waals surface area contributed by atoms with E-state index < -0.39 is 0 Å². The predicted octanol–water partition coefficient (Wildman–Crippen LogP) is 2.52. The van der Waals surface area contributed by atoms with Gasteiger partial charge < -0.3 is 0 Å². The normalized spacial score (nSPS) is 24.2. The summed E-state index contributed by atoms with van der Waals surface area (Å²) < 4.78 is 0. The van der Waals surface area contributed by atoms with Crippen LogP contribution < -0.4 is 0 Å². The lowest BCUT2D eigenvalue weighted by atomic mass is 9.85. The van der Waals surface area contributed by atoms with E-state index in [9.17, 15) is 0 Å². The van der Waals surface area contributed by atoms with E-state index in [2.05, 4.69) is 37.5 Å². The molecular formula is C12H21N. The Bertz CT molecular complexity index is 214. The third-order valence-electron chi connectivity index (χ3n) is 2.82. The third kappa shape index (κ3) is 2.74. The SMILES string of the molecule is CC#CCN1CCCC1C(C)(C)C. The molecule has 0 bridgehead atoms. The molecule has 1 nitrogen and oxygen atoms in total. The summed E-state index contributed by atoms with van der Waals surface area (Å²) in [6.45, 7) is 11.1. The molecule has 0 radical (unpaired) electrons. The first-order valence-electron chi connectivity index (χ1n) is 5.19. The highest BCUT2D eigenvalue weighted by Gasteiger charge is 2.33. The van der Waals surface area contributed by atoms with Crippen LogP contribution >= 0.6 is 0 Å². The van der Waals surface area contributed by atoms with E-state index in [1.165, 1.54) is 19.4 Å². The Balaban J connectivity index is 2.57. The minimum absolute atomic E-state index is 0.409. The van der Waals surface area contributed by atoms with Gasteiger partial charge in [-0.1, -0.05) is 26.7 Å². The number of hydrogen-bond acceptors (Lipinski definition) is 1. The molecule has 1 atom stereocenters. The summed E-state index contributed by atoms with van der Waals surface area (Å²) in [5, 5.41) is 0. The van der Waals surface area contributed by atoms with Crippen molar-refractivity contribution in [2.45, 2.75) is 46.6 Å². The van der Waals surface area contributed by atoms with Gasteiger partial charge in [-0.25, -0.2) is 0 Å². The Morgan fingerprint density at radius 3 is 2.62 bits per heavy atom. The van der Waals surface area contributed by atoms with Crippen molar-refractivity contribution in [1.82, 2.24) is 4.90 Å². The zero-order valence-electron chi connectivity index (χ0n) is 9.35. The highest BCUT2D eigenvalue weighted by Crippen LogP contribution is 2.31. The van der Waals surface area contributed by atoms with Gasteiger partial charge in [-0.3, -0.25) is 4.90 Å². The lowest BCUT2D eigenvalue weighted by Gasteiger charge is -2.33. The van der Waals surface area contributed by atoms with Gasteiger partial charge in [0.2, 0.25) is 0 Å². The summed E-state index contributed by atoms with van der Waals surface area (Å²) in [5.74, 6) is 6.14. The van der Waals surface area contributed by atoms with Crippen molar-refractivity contribution in [1.29, 1.82) is 0 Å². The fourth-order valence-corrected chi connectivity index (χ4v) is 2.18. The van der Waals surface area contributed by atoms with Gasteiger partial charge in [0.1, 0.15) is 0 Å². The molecule has 1 heterocycles. The Morgan fingerprint density at radius 1 is 1.38 bits per heavy atom. The largest absolute Gasteiger partial charge is 0.289 e. The quantitative estimate of drug-likeness (QED) is 0.559. The second-order valence-corrected chi connectivity index (χ2v) is 4.92. The highest BCUT2D eigenvalue weighted by molar-refractivity contribution is 5.01. The fraction of sp³-hybridized carbons (Fsp3) is 0.833. The molecule has 13 heavy (non-hydrogen) atoms. The van der Waals surface area contributed by atoms with Crippen LogP contribution in [0.1, 0.15) is 40.5 Å². The topological polar surface area (TPSA) is 3.24 Å². The molecule has 0 saturated carbocycles. The number of nitrogens with zero attached hydrogens (tertiary/aromatic N) is 1. The van der Waals surface area contributed by atoms with Crippen LogP contribution in [0, 0.1) is 17.3 Å². The fourth-order valence-electron chi connectivity index (χ4n) is 2.18. The third-order valence-corrected chi connectivity index (χ3v) is 2.82. The smallest absolute Gasteiger partial charge is 0.0604 e. The minimum atomic E-state index is 0.409. The molecule has 1 rings (SSSR count). The van der Waals surface area contributed by atoms with E-state index in [4.69, 9.17) is 0 Å². The average molecular weight is 179 g/mol. The van der Waals surface area contributed by atoms with Crippen LogP contribution in [0.15, 0.2) is 0 Å². The number of hydrogen-bond donors (Lipinski definition) is 0. The van der Waals surface area contributed by atoms with E-state index in [1.54, 1.807) is 0 Å². The van der Waals surface area contributed by atoms with E-state index in [1.807, 2.05) is 6.92 Å². The average Bonchev–Trinajstić information content (AvgIpc) is 2.47. The highest BCUT2D eigenvalue weighted by atomic mass is 15.2. The Kier molecular flexibility index (Phi) is 3.39. The molecule has 1 aliphatic heterocycles. The molecule has 1 aliphatic rings. The summed E-state index contributed by atoms with van der Waals surface area (Å²) in [5.41, 5.74) is 0.409. The van der Waals surface area contributed by atoms with E-state index in [-0.39, 0.29) is 0 Å². The van der Waals surface area contributed by atoms with Crippen LogP contribution in [0.2, 0.25) is 0 Å². The number of likely N-dealkylation sites (tertiary alicyclic amines) is 1. The maximum atomic E-state index is 3.17. The van der Waals surface area contributed by atoms with Crippen LogP contribution in [-0.4, -0.2) is 24.0 Å². The van der Waals surface area contributed by atoms with Crippen molar-refractivity contribution in [3.05, 3.63) is 0 Å². The second-order valence-electron chi connectivity index (χ2n) is 4.92. The van der Waals surface area contributed by atoms with Gasteiger partial charge in [-0.2, -0.15) is 0 Å². The van der Waals surface area contributed by atoms with Gasteiger partial charge in [0, 0.05) is 6.04 Å². The molecule has 0 spiro atoms. The summed E-state index contributed by atoms with van der Waals surface area (Å²) in [6.07, 6.45) is 2.68. The molecule has 0 amide bonds. The molecule has 0 aromatic heterocycles. The van der Waals surface area contributed by atoms with Crippen LogP contribution in [0.4, 0.5) is 0 Å². The molecule has 74 valence electrons.